The summed E-state index contributed by atoms with van der Waals surface area (Å²) in [5.41, 5.74) is 0. The minimum Gasteiger partial charge on any atom is -0.756 e. The monoisotopic (exact) mass is 1320 g/mol. The molecule has 10 heteroatoms. The average molecular weight is 1320 g/mol. The number of nitrogens with zero attached hydrogens (tertiary/aromatic N) is 1. The third-order valence-corrected chi connectivity index (χ3v) is 18.3. The maximum Gasteiger partial charge on any atom is 0.306 e. The molecule has 540 valence electrons. The third kappa shape index (κ3) is 77.8. The van der Waals surface area contributed by atoms with Gasteiger partial charge in [-0.1, -0.05) is 374 Å². The second-order valence-electron chi connectivity index (χ2n) is 27.7. The molecule has 0 aliphatic carbocycles. The first-order valence-corrected chi connectivity index (χ1v) is 40.9. The molecule has 93 heavy (non-hydrogen) atoms. The summed E-state index contributed by atoms with van der Waals surface area (Å²) in [6, 6.07) is 0. The van der Waals surface area contributed by atoms with Crippen molar-refractivity contribution in [2.24, 2.45) is 0 Å². The van der Waals surface area contributed by atoms with Crippen LogP contribution in [0.25, 0.3) is 0 Å². The Morgan fingerprint density at radius 3 is 0.914 bits per heavy atom. The molecule has 0 fully saturated rings. The van der Waals surface area contributed by atoms with Crippen LogP contribution in [0.2, 0.25) is 0 Å². The van der Waals surface area contributed by atoms with Crippen molar-refractivity contribution in [2.45, 2.75) is 373 Å². The van der Waals surface area contributed by atoms with Gasteiger partial charge in [0.05, 0.1) is 27.7 Å². The maximum atomic E-state index is 12.9. The number of allylic oxidation sites excluding steroid dienone is 16. The summed E-state index contributed by atoms with van der Waals surface area (Å²) in [6.45, 7) is 4.18. The maximum absolute atomic E-state index is 12.9. The standard InChI is InChI=1S/C83H150NO8P/c1-6-8-10-12-14-16-18-20-22-24-26-28-30-32-34-36-37-38-39-40-41-42-43-44-45-46-47-48-50-52-54-56-58-60-62-64-66-68-70-72-74-76-83(86)92-81(80-91-93(87,88)90-78-77-84(3,4)5)79-89-82(85)75-73-71-69-67-65-63-61-59-57-55-53-51-49-35-33-31-29-27-25-23-21-19-17-15-13-11-9-7-2/h8,10,14,16,20,22,26,28,32,34,37-38,40-41,43-44,81H,6-7,9,11-13,15,17-19,21,23-25,27,29-31,33,35-36,39,42,45-80H2,1-5H3/b10-8-,16-14-,22-20-,28-26-,34-32-,38-37-,41-40-,44-43-. The highest BCUT2D eigenvalue weighted by Crippen LogP contribution is 2.38. The van der Waals surface area contributed by atoms with Gasteiger partial charge in [0.2, 0.25) is 0 Å². The molecule has 0 heterocycles. The molecule has 0 aromatic heterocycles. The fourth-order valence-corrected chi connectivity index (χ4v) is 12.1. The molecule has 2 unspecified atom stereocenters. The lowest BCUT2D eigenvalue weighted by atomic mass is 10.0. The van der Waals surface area contributed by atoms with Gasteiger partial charge in [0.25, 0.3) is 7.82 Å². The number of hydrogen-bond donors (Lipinski definition) is 0. The largest absolute Gasteiger partial charge is 0.756 e. The van der Waals surface area contributed by atoms with Crippen molar-refractivity contribution in [3.63, 3.8) is 0 Å². The van der Waals surface area contributed by atoms with Gasteiger partial charge in [0.1, 0.15) is 19.8 Å². The number of ether oxygens (including phenoxy) is 2. The van der Waals surface area contributed by atoms with E-state index in [1.54, 1.807) is 0 Å². The lowest BCUT2D eigenvalue weighted by Gasteiger charge is -2.28. The van der Waals surface area contributed by atoms with Crippen LogP contribution < -0.4 is 4.89 Å². The molecule has 0 amide bonds. The fourth-order valence-electron chi connectivity index (χ4n) is 11.4. The highest BCUT2D eigenvalue weighted by molar-refractivity contribution is 7.45. The van der Waals surface area contributed by atoms with Gasteiger partial charge in [0, 0.05) is 12.8 Å². The summed E-state index contributed by atoms with van der Waals surface area (Å²) in [5, 5.41) is 0. The predicted molar refractivity (Wildman–Crippen MR) is 402 cm³/mol. The molecule has 9 nitrogen and oxygen atoms in total. The van der Waals surface area contributed by atoms with Crippen molar-refractivity contribution >= 4 is 19.8 Å². The van der Waals surface area contributed by atoms with E-state index in [-0.39, 0.29) is 32.0 Å². The molecule has 0 aromatic rings. The Balaban J connectivity index is 3.96. The van der Waals surface area contributed by atoms with E-state index in [0.29, 0.717) is 17.4 Å². The minimum absolute atomic E-state index is 0.0308. The molecule has 0 saturated heterocycles. The van der Waals surface area contributed by atoms with Crippen molar-refractivity contribution in [1.29, 1.82) is 0 Å². The summed E-state index contributed by atoms with van der Waals surface area (Å²) < 4.78 is 34.4. The second kappa shape index (κ2) is 73.2. The van der Waals surface area contributed by atoms with Crippen LogP contribution in [0.15, 0.2) is 97.2 Å². The van der Waals surface area contributed by atoms with Crippen LogP contribution in [0, 0.1) is 0 Å². The Morgan fingerprint density at radius 1 is 0.344 bits per heavy atom. The summed E-state index contributed by atoms with van der Waals surface area (Å²) >= 11 is 0. The molecule has 0 bridgehead atoms. The number of quaternary nitrogens is 1. The van der Waals surface area contributed by atoms with Gasteiger partial charge < -0.3 is 27.9 Å². The van der Waals surface area contributed by atoms with E-state index in [0.717, 1.165) is 89.9 Å². The zero-order chi connectivity index (χ0) is 67.6. The molecule has 0 aromatic carbocycles. The molecule has 0 aliphatic heterocycles. The molecule has 0 aliphatic rings. The predicted octanol–water partition coefficient (Wildman–Crippen LogP) is 25.6. The molecular weight excluding hydrogens is 1170 g/mol. The third-order valence-electron chi connectivity index (χ3n) is 17.4. The Hall–Kier alpha value is -3.07. The van der Waals surface area contributed by atoms with Crippen molar-refractivity contribution in [1.82, 2.24) is 0 Å². The van der Waals surface area contributed by atoms with E-state index in [2.05, 4.69) is 111 Å². The molecule has 2 atom stereocenters. The van der Waals surface area contributed by atoms with E-state index in [4.69, 9.17) is 18.5 Å². The first-order valence-electron chi connectivity index (χ1n) is 39.4. The Kier molecular flexibility index (Phi) is 70.8. The number of rotatable bonds is 73. The first kappa shape index (κ1) is 89.9. The Morgan fingerprint density at radius 2 is 0.613 bits per heavy atom. The Labute approximate surface area is 576 Å². The lowest BCUT2D eigenvalue weighted by molar-refractivity contribution is -0.870. The number of hydrogen-bond acceptors (Lipinski definition) is 8. The van der Waals surface area contributed by atoms with Gasteiger partial charge >= 0.3 is 11.9 Å². The number of likely N-dealkylation sites (N-methyl/N-ethyl adjacent to an activating group) is 1. The quantitative estimate of drug-likeness (QED) is 0.0195. The molecule has 0 spiro atoms. The van der Waals surface area contributed by atoms with Gasteiger partial charge in [-0.3, -0.25) is 14.2 Å². The van der Waals surface area contributed by atoms with Gasteiger partial charge in [-0.25, -0.2) is 0 Å². The van der Waals surface area contributed by atoms with Crippen LogP contribution in [0.1, 0.15) is 367 Å². The molecular formula is C83H150NO8P. The van der Waals surface area contributed by atoms with Gasteiger partial charge in [-0.2, -0.15) is 0 Å². The number of esters is 2. The van der Waals surface area contributed by atoms with E-state index < -0.39 is 26.5 Å². The van der Waals surface area contributed by atoms with Crippen LogP contribution >= 0.6 is 7.82 Å². The topological polar surface area (TPSA) is 111 Å². The van der Waals surface area contributed by atoms with Crippen LogP contribution in [-0.4, -0.2) is 70.0 Å². The van der Waals surface area contributed by atoms with Crippen molar-refractivity contribution < 1.29 is 42.1 Å². The van der Waals surface area contributed by atoms with Crippen LogP contribution in [0.5, 0.6) is 0 Å². The SMILES string of the molecule is CC/C=C\C/C=C\C/C=C\C/C=C\C/C=C\C/C=C\C/C=C\C/C=C\CCCCCCCCCCCCCCCCCCC(=O)OC(COC(=O)CCCCCCCCCCCCCCCCCCCCCCCCCCCCCC)COP(=O)([O-])OCC[N+](C)(C)C. The lowest BCUT2D eigenvalue weighted by Crippen LogP contribution is -2.37. The summed E-state index contributed by atoms with van der Waals surface area (Å²) in [5.74, 6) is -0.816. The summed E-state index contributed by atoms with van der Waals surface area (Å²) in [4.78, 5) is 38.2. The second-order valence-corrected chi connectivity index (χ2v) is 29.1. The Bertz CT molecular complexity index is 1890. The van der Waals surface area contributed by atoms with Crippen molar-refractivity contribution in [3.8, 4) is 0 Å². The molecule has 0 radical (unpaired) electrons. The number of carbonyl (C=O) groups excluding carboxylic acids is 2. The smallest absolute Gasteiger partial charge is 0.306 e. The van der Waals surface area contributed by atoms with E-state index in [1.165, 1.54) is 244 Å². The zero-order valence-electron chi connectivity index (χ0n) is 61.7. The molecule has 0 N–H and O–H groups in total. The summed E-state index contributed by atoms with van der Waals surface area (Å²) in [6.07, 6.45) is 102. The van der Waals surface area contributed by atoms with Crippen LogP contribution in [0.3, 0.4) is 0 Å². The fraction of sp³-hybridized carbons (Fsp3) is 0.783. The molecule has 0 rings (SSSR count). The van der Waals surface area contributed by atoms with Crippen LogP contribution in [-0.2, 0) is 32.7 Å². The van der Waals surface area contributed by atoms with E-state index >= 15 is 0 Å². The number of unbranched alkanes of at least 4 members (excludes halogenated alkanes) is 43. The van der Waals surface area contributed by atoms with Crippen molar-refractivity contribution in [3.05, 3.63) is 97.2 Å². The summed E-state index contributed by atoms with van der Waals surface area (Å²) in [7, 11) is 1.18. The van der Waals surface area contributed by atoms with Crippen LogP contribution in [0.4, 0.5) is 0 Å². The highest BCUT2D eigenvalue weighted by atomic mass is 31.2. The first-order chi connectivity index (χ1) is 45.5. The van der Waals surface area contributed by atoms with Crippen molar-refractivity contribution in [2.75, 3.05) is 47.5 Å². The van der Waals surface area contributed by atoms with Gasteiger partial charge in [-0.15, -0.1) is 0 Å². The van der Waals surface area contributed by atoms with Gasteiger partial charge in [-0.05, 0) is 77.0 Å². The number of phosphoric acid groups is 1. The molecule has 0 saturated carbocycles. The zero-order valence-corrected chi connectivity index (χ0v) is 62.6. The highest BCUT2D eigenvalue weighted by Gasteiger charge is 2.22. The minimum atomic E-state index is -4.65. The van der Waals surface area contributed by atoms with E-state index in [9.17, 15) is 19.0 Å². The normalized spacial score (nSPS) is 13.6. The number of phosphoric ester groups is 1. The number of carbonyl (C=O) groups is 2. The average Bonchev–Trinajstić information content (AvgIpc) is 2.30. The van der Waals surface area contributed by atoms with E-state index in [1.807, 2.05) is 21.1 Å². The van der Waals surface area contributed by atoms with Gasteiger partial charge in [0.15, 0.2) is 6.10 Å².